The summed E-state index contributed by atoms with van der Waals surface area (Å²) in [5, 5.41) is 10.9. The van der Waals surface area contributed by atoms with E-state index in [4.69, 9.17) is 21.7 Å². The highest BCUT2D eigenvalue weighted by molar-refractivity contribution is 7.80. The average molecular weight is 306 g/mol. The number of anilines is 2. The molecule has 1 aromatic heterocycles. The molecule has 0 atom stereocenters. The summed E-state index contributed by atoms with van der Waals surface area (Å²) in [5.41, 5.74) is 2.46. The Morgan fingerprint density at radius 1 is 1.19 bits per heavy atom. The topological polar surface area (TPSA) is 60.3 Å². The van der Waals surface area contributed by atoms with Crippen molar-refractivity contribution < 1.29 is 9.47 Å². The predicted molar refractivity (Wildman–Crippen MR) is 87.3 cm³/mol. The largest absolute Gasteiger partial charge is 0.497 e. The highest BCUT2D eigenvalue weighted by Gasteiger charge is 2.09. The standard InChI is InChI=1S/C14H18N4O2S/c1-9-12(8-18(2)17-9)16-14(21)15-11-7-10(19-3)5-6-13(11)20-4/h5-8H,1-4H3,(H2,15,16,21). The summed E-state index contributed by atoms with van der Waals surface area (Å²) in [7, 11) is 5.08. The van der Waals surface area contributed by atoms with Crippen LogP contribution in [0.1, 0.15) is 5.69 Å². The molecule has 7 heteroatoms. The first kappa shape index (κ1) is 15.1. The van der Waals surface area contributed by atoms with Gasteiger partial charge in [-0.3, -0.25) is 4.68 Å². The number of thiocarbonyl (C=S) groups is 1. The number of aryl methyl sites for hydroxylation is 2. The number of benzene rings is 1. The number of ether oxygens (including phenoxy) is 2. The number of hydrogen-bond acceptors (Lipinski definition) is 4. The third kappa shape index (κ3) is 3.63. The summed E-state index contributed by atoms with van der Waals surface area (Å²) in [6.07, 6.45) is 1.87. The van der Waals surface area contributed by atoms with Gasteiger partial charge in [0.15, 0.2) is 5.11 Å². The summed E-state index contributed by atoms with van der Waals surface area (Å²) in [5.74, 6) is 1.40. The molecule has 6 nitrogen and oxygen atoms in total. The number of nitrogens with one attached hydrogen (secondary N) is 2. The zero-order valence-corrected chi connectivity index (χ0v) is 13.2. The van der Waals surface area contributed by atoms with E-state index in [0.717, 1.165) is 22.8 Å². The molecule has 0 radical (unpaired) electrons. The highest BCUT2D eigenvalue weighted by Crippen LogP contribution is 2.29. The average Bonchev–Trinajstić information content (AvgIpc) is 2.76. The molecule has 0 aliphatic heterocycles. The third-order valence-corrected chi connectivity index (χ3v) is 3.12. The number of nitrogens with zero attached hydrogens (tertiary/aromatic N) is 2. The fourth-order valence-electron chi connectivity index (χ4n) is 1.91. The van der Waals surface area contributed by atoms with Gasteiger partial charge in [0.25, 0.3) is 0 Å². The van der Waals surface area contributed by atoms with E-state index in [-0.39, 0.29) is 0 Å². The molecule has 112 valence electrons. The van der Waals surface area contributed by atoms with Crippen molar-refractivity contribution in [3.8, 4) is 11.5 Å². The predicted octanol–water partition coefficient (Wildman–Crippen LogP) is 2.55. The zero-order chi connectivity index (χ0) is 15.4. The molecule has 21 heavy (non-hydrogen) atoms. The third-order valence-electron chi connectivity index (χ3n) is 2.92. The Labute approximate surface area is 129 Å². The summed E-state index contributed by atoms with van der Waals surface area (Å²) in [4.78, 5) is 0. The molecular weight excluding hydrogens is 288 g/mol. The molecule has 0 saturated carbocycles. The van der Waals surface area contributed by atoms with Crippen LogP contribution in [0.2, 0.25) is 0 Å². The lowest BCUT2D eigenvalue weighted by molar-refractivity contribution is 0.405. The molecule has 0 aliphatic rings. The van der Waals surface area contributed by atoms with Gasteiger partial charge in [0.05, 0.1) is 31.3 Å². The maximum Gasteiger partial charge on any atom is 0.175 e. The van der Waals surface area contributed by atoms with Crippen molar-refractivity contribution >= 4 is 28.7 Å². The van der Waals surface area contributed by atoms with Gasteiger partial charge in [-0.2, -0.15) is 5.10 Å². The highest BCUT2D eigenvalue weighted by atomic mass is 32.1. The van der Waals surface area contributed by atoms with E-state index in [1.165, 1.54) is 0 Å². The van der Waals surface area contributed by atoms with Crippen LogP contribution in [-0.4, -0.2) is 29.1 Å². The monoisotopic (exact) mass is 306 g/mol. The van der Waals surface area contributed by atoms with Crippen LogP contribution in [0.25, 0.3) is 0 Å². The first-order valence-corrected chi connectivity index (χ1v) is 6.74. The molecule has 0 saturated heterocycles. The van der Waals surface area contributed by atoms with Crippen molar-refractivity contribution in [2.75, 3.05) is 24.9 Å². The molecule has 0 aliphatic carbocycles. The van der Waals surface area contributed by atoms with E-state index in [2.05, 4.69) is 15.7 Å². The molecule has 1 heterocycles. The van der Waals surface area contributed by atoms with Crippen LogP contribution in [0.4, 0.5) is 11.4 Å². The maximum absolute atomic E-state index is 5.32. The van der Waals surface area contributed by atoms with Crippen molar-refractivity contribution in [1.82, 2.24) is 9.78 Å². The Morgan fingerprint density at radius 2 is 1.90 bits per heavy atom. The SMILES string of the molecule is COc1ccc(OC)c(NC(=S)Nc2cn(C)nc2C)c1. The Hall–Kier alpha value is -2.28. The lowest BCUT2D eigenvalue weighted by Crippen LogP contribution is -2.19. The van der Waals surface area contributed by atoms with Gasteiger partial charge >= 0.3 is 0 Å². The Kier molecular flexibility index (Phi) is 4.64. The second-order valence-electron chi connectivity index (χ2n) is 4.45. The molecule has 2 N–H and O–H groups in total. The lowest BCUT2D eigenvalue weighted by atomic mass is 10.2. The van der Waals surface area contributed by atoms with Crippen molar-refractivity contribution in [1.29, 1.82) is 0 Å². The van der Waals surface area contributed by atoms with E-state index < -0.39 is 0 Å². The fraction of sp³-hybridized carbons (Fsp3) is 0.286. The van der Waals surface area contributed by atoms with Gasteiger partial charge in [-0.25, -0.2) is 0 Å². The minimum absolute atomic E-state index is 0.456. The van der Waals surface area contributed by atoms with E-state index in [0.29, 0.717) is 10.9 Å². The molecule has 0 bridgehead atoms. The second kappa shape index (κ2) is 6.45. The summed E-state index contributed by atoms with van der Waals surface area (Å²) >= 11 is 5.32. The van der Waals surface area contributed by atoms with Gasteiger partial charge in [-0.05, 0) is 31.3 Å². The Morgan fingerprint density at radius 3 is 2.48 bits per heavy atom. The summed E-state index contributed by atoms with van der Waals surface area (Å²) in [6, 6.07) is 5.47. The smallest absolute Gasteiger partial charge is 0.175 e. The number of rotatable bonds is 4. The molecule has 2 rings (SSSR count). The first-order chi connectivity index (χ1) is 10.0. The van der Waals surface area contributed by atoms with Crippen molar-refractivity contribution in [2.45, 2.75) is 6.92 Å². The van der Waals surface area contributed by atoms with Crippen LogP contribution in [0.5, 0.6) is 11.5 Å². The second-order valence-corrected chi connectivity index (χ2v) is 4.86. The molecule has 0 fully saturated rings. The normalized spacial score (nSPS) is 10.1. The quantitative estimate of drug-likeness (QED) is 0.847. The fourth-order valence-corrected chi connectivity index (χ4v) is 2.13. The Bertz CT molecular complexity index is 654. The van der Waals surface area contributed by atoms with Crippen molar-refractivity contribution in [3.05, 3.63) is 30.1 Å². The van der Waals surface area contributed by atoms with Crippen LogP contribution >= 0.6 is 12.2 Å². The van der Waals surface area contributed by atoms with E-state index in [9.17, 15) is 0 Å². The first-order valence-electron chi connectivity index (χ1n) is 6.33. The molecule has 1 aromatic carbocycles. The number of hydrogen-bond donors (Lipinski definition) is 2. The molecule has 2 aromatic rings. The van der Waals surface area contributed by atoms with E-state index >= 15 is 0 Å². The maximum atomic E-state index is 5.32. The van der Waals surface area contributed by atoms with Crippen LogP contribution in [0.15, 0.2) is 24.4 Å². The lowest BCUT2D eigenvalue weighted by Gasteiger charge is -2.14. The Balaban J connectivity index is 2.13. The summed E-state index contributed by atoms with van der Waals surface area (Å²) < 4.78 is 12.2. The van der Waals surface area contributed by atoms with Crippen LogP contribution in [0, 0.1) is 6.92 Å². The van der Waals surface area contributed by atoms with Gasteiger partial charge in [-0.1, -0.05) is 0 Å². The number of methoxy groups -OCH3 is 2. The van der Waals surface area contributed by atoms with Crippen LogP contribution < -0.4 is 20.1 Å². The molecule has 0 amide bonds. The minimum Gasteiger partial charge on any atom is -0.497 e. The number of aromatic nitrogens is 2. The zero-order valence-electron chi connectivity index (χ0n) is 12.4. The van der Waals surface area contributed by atoms with Crippen molar-refractivity contribution in [3.63, 3.8) is 0 Å². The van der Waals surface area contributed by atoms with Gasteiger partial charge < -0.3 is 20.1 Å². The molecular formula is C14H18N4O2S. The molecule has 0 unspecified atom stereocenters. The van der Waals surface area contributed by atoms with Gasteiger partial charge in [0.2, 0.25) is 0 Å². The van der Waals surface area contributed by atoms with Gasteiger partial charge in [0.1, 0.15) is 11.5 Å². The van der Waals surface area contributed by atoms with Gasteiger partial charge in [0, 0.05) is 19.3 Å². The molecule has 0 spiro atoms. The summed E-state index contributed by atoms with van der Waals surface area (Å²) in [6.45, 7) is 1.91. The van der Waals surface area contributed by atoms with Crippen LogP contribution in [0.3, 0.4) is 0 Å². The minimum atomic E-state index is 0.456. The van der Waals surface area contributed by atoms with E-state index in [1.807, 2.05) is 38.4 Å². The van der Waals surface area contributed by atoms with E-state index in [1.54, 1.807) is 18.9 Å². The van der Waals surface area contributed by atoms with Crippen LogP contribution in [-0.2, 0) is 7.05 Å². The van der Waals surface area contributed by atoms with Gasteiger partial charge in [-0.15, -0.1) is 0 Å². The van der Waals surface area contributed by atoms with Crippen molar-refractivity contribution in [2.24, 2.45) is 7.05 Å².